The van der Waals surface area contributed by atoms with Gasteiger partial charge in [-0.05, 0) is 69.9 Å². The molecule has 0 amide bonds. The van der Waals surface area contributed by atoms with Crippen LogP contribution in [-0.2, 0) is 22.9 Å². The Morgan fingerprint density at radius 1 is 0.595 bits per heavy atom. The molecular formula is C48H63BBrN15O7Si2. The van der Waals surface area contributed by atoms with Gasteiger partial charge in [-0.1, -0.05) is 75.7 Å². The van der Waals surface area contributed by atoms with E-state index in [9.17, 15) is 0 Å². The molecule has 0 aliphatic rings. The first kappa shape index (κ1) is 56.2. The maximum absolute atomic E-state index is 8.65. The molecule has 26 heteroatoms. The molecule has 3 aromatic carbocycles. The summed E-state index contributed by atoms with van der Waals surface area (Å²) < 4.78 is 31.6. The quantitative estimate of drug-likeness (QED) is 0.0327. The minimum atomic E-state index is -1.43. The number of anilines is 3. The summed E-state index contributed by atoms with van der Waals surface area (Å²) >= 11 is 3.41. The van der Waals surface area contributed by atoms with E-state index in [-0.39, 0.29) is 0 Å². The second-order valence-corrected chi connectivity index (χ2v) is 31.0. The van der Waals surface area contributed by atoms with E-state index in [1.165, 1.54) is 25.0 Å². The first-order valence-electron chi connectivity index (χ1n) is 23.3. The summed E-state index contributed by atoms with van der Waals surface area (Å²) in [6.45, 7) is 16.2. The Bertz CT molecular complexity index is 3260. The summed E-state index contributed by atoms with van der Waals surface area (Å²) in [5.74, 6) is 1.49. The van der Waals surface area contributed by atoms with Crippen molar-refractivity contribution in [2.24, 2.45) is 0 Å². The van der Waals surface area contributed by atoms with E-state index in [1.54, 1.807) is 48.9 Å². The van der Waals surface area contributed by atoms with Crippen molar-refractivity contribution in [1.29, 1.82) is 0 Å². The monoisotopic (exact) mass is 1110 g/mol. The van der Waals surface area contributed by atoms with Crippen molar-refractivity contribution in [1.82, 2.24) is 59.7 Å². The average Bonchev–Trinajstić information content (AvgIpc) is 4.08. The molecule has 22 nitrogen and oxygen atoms in total. The molecule has 74 heavy (non-hydrogen) atoms. The fourth-order valence-electron chi connectivity index (χ4n) is 6.96. The Kier molecular flexibility index (Phi) is 19.6. The van der Waals surface area contributed by atoms with Crippen molar-refractivity contribution < 1.29 is 33.7 Å². The van der Waals surface area contributed by atoms with Crippen LogP contribution in [-0.4, -0.2) is 128 Å². The van der Waals surface area contributed by atoms with Gasteiger partial charge in [-0.15, -0.1) is 0 Å². The van der Waals surface area contributed by atoms with Gasteiger partial charge in [0, 0.05) is 57.6 Å². The highest BCUT2D eigenvalue weighted by Gasteiger charge is 2.21. The molecule has 0 spiro atoms. The topological polar surface area (TPSA) is 306 Å². The predicted octanol–water partition coefficient (Wildman–Crippen LogP) is 6.87. The summed E-state index contributed by atoms with van der Waals surface area (Å²) in [5, 5.41) is 35.7. The molecule has 6 aromatic heterocycles. The lowest BCUT2D eigenvalue weighted by atomic mass is 9.80. The molecule has 9 rings (SSSR count). The fraction of sp³-hybridized carbons (Fsp3) is 0.312. The van der Waals surface area contributed by atoms with Crippen LogP contribution in [0.5, 0.6) is 17.6 Å². The second kappa shape index (κ2) is 25.7. The molecule has 0 radical (unpaired) electrons. The first-order chi connectivity index (χ1) is 35.3. The van der Waals surface area contributed by atoms with Gasteiger partial charge in [0.15, 0.2) is 16.9 Å². The van der Waals surface area contributed by atoms with Crippen molar-refractivity contribution in [3.05, 3.63) is 96.4 Å². The molecule has 9 aromatic rings. The standard InChI is InChI=1S/C18H25N5O2Si.C12H19BrN4O2Si.C12H11N5O.C6H8BNO2/c1-24-18-15-16(13-6-5-7-14(19)10-13)22-23(17(15)20-11-21-18)12-25-8-9-26(2,3)4;1-18-12-9-10(13)16-17(11(9)14-7-15-12)8-19-5-6-20(2,3)4;1-18-12-9-10(7-3-2-4-8(13)5-7)16-17-11(9)14-6-15-12;8-6-3-1-2-5(4-6)7(9)10/h5-7,10-11H,8-9,12,19H2,1-4H3;7H,5-6,8H2,1-4H3;2-6H,13H2,1H3,(H,14,15,16,17);1-4,9-10H,8H2. The molecule has 0 atom stereocenters. The Morgan fingerprint density at radius 3 is 1.58 bits per heavy atom. The highest BCUT2D eigenvalue weighted by Crippen LogP contribution is 2.34. The number of methoxy groups -OCH3 is 3. The third kappa shape index (κ3) is 15.2. The zero-order valence-corrected chi connectivity index (χ0v) is 46.5. The number of ether oxygens (including phenoxy) is 5. The number of nitrogens with one attached hydrogen (secondary N) is 1. The number of hydrogen-bond donors (Lipinski definition) is 6. The number of aromatic amines is 1. The van der Waals surface area contributed by atoms with Gasteiger partial charge in [0.25, 0.3) is 0 Å². The van der Waals surface area contributed by atoms with Gasteiger partial charge in [-0.2, -0.15) is 15.3 Å². The zero-order valence-electron chi connectivity index (χ0n) is 42.9. The molecule has 0 saturated heterocycles. The number of benzene rings is 3. The molecule has 390 valence electrons. The Morgan fingerprint density at radius 2 is 1.07 bits per heavy atom. The smallest absolute Gasteiger partial charge is 0.480 e. The van der Waals surface area contributed by atoms with Crippen molar-refractivity contribution in [2.75, 3.05) is 51.7 Å². The van der Waals surface area contributed by atoms with Crippen molar-refractivity contribution in [3.8, 4) is 40.2 Å². The van der Waals surface area contributed by atoms with E-state index in [2.05, 4.69) is 100 Å². The minimum absolute atomic E-state index is 0.337. The normalized spacial score (nSPS) is 11.3. The average molecular weight is 1110 g/mol. The summed E-state index contributed by atoms with van der Waals surface area (Å²) in [4.78, 5) is 25.1. The molecule has 0 aliphatic heterocycles. The second-order valence-electron chi connectivity index (χ2n) is 19.0. The minimum Gasteiger partial charge on any atom is -0.480 e. The lowest BCUT2D eigenvalue weighted by Gasteiger charge is -2.15. The number of aromatic nitrogens is 12. The largest absolute Gasteiger partial charge is 0.488 e. The van der Waals surface area contributed by atoms with Gasteiger partial charge in [-0.25, -0.2) is 39.3 Å². The number of nitrogen functional groups attached to an aromatic ring is 3. The van der Waals surface area contributed by atoms with Gasteiger partial charge in [-0.3, -0.25) is 5.10 Å². The number of hydrogen-bond acceptors (Lipinski definition) is 19. The number of H-pyrrole nitrogens is 1. The third-order valence-corrected chi connectivity index (χ3v) is 14.8. The van der Waals surface area contributed by atoms with Crippen LogP contribution in [0.2, 0.25) is 51.4 Å². The van der Waals surface area contributed by atoms with E-state index in [0.29, 0.717) is 81.8 Å². The van der Waals surface area contributed by atoms with E-state index in [0.717, 1.165) is 57.4 Å². The van der Waals surface area contributed by atoms with Crippen LogP contribution in [0.3, 0.4) is 0 Å². The van der Waals surface area contributed by atoms with Crippen LogP contribution in [0, 0.1) is 0 Å². The Labute approximate surface area is 439 Å². The number of fused-ring (bicyclic) bond motifs is 3. The summed E-state index contributed by atoms with van der Waals surface area (Å²) in [6, 6.07) is 23.8. The fourth-order valence-corrected chi connectivity index (χ4v) is 9.02. The highest BCUT2D eigenvalue weighted by atomic mass is 79.9. The van der Waals surface area contributed by atoms with Gasteiger partial charge < -0.3 is 50.9 Å². The molecule has 0 unspecified atom stereocenters. The van der Waals surface area contributed by atoms with Crippen LogP contribution < -0.4 is 36.9 Å². The highest BCUT2D eigenvalue weighted by molar-refractivity contribution is 9.10. The van der Waals surface area contributed by atoms with Gasteiger partial charge in [0.2, 0.25) is 17.6 Å². The number of nitrogens with zero attached hydrogens (tertiary/aromatic N) is 11. The molecule has 9 N–H and O–H groups in total. The van der Waals surface area contributed by atoms with E-state index in [4.69, 9.17) is 56.0 Å². The van der Waals surface area contributed by atoms with Crippen LogP contribution in [0.4, 0.5) is 17.1 Å². The maximum atomic E-state index is 8.65. The lowest BCUT2D eigenvalue weighted by molar-refractivity contribution is 0.0810. The van der Waals surface area contributed by atoms with Gasteiger partial charge in [0.1, 0.15) is 58.9 Å². The number of halogens is 1. The molecule has 6 heterocycles. The van der Waals surface area contributed by atoms with E-state index >= 15 is 0 Å². The Balaban J connectivity index is 0.000000168. The summed E-state index contributed by atoms with van der Waals surface area (Å²) in [5.41, 5.74) is 24.7. The molecular weight excluding hydrogens is 1050 g/mol. The summed E-state index contributed by atoms with van der Waals surface area (Å²) in [6.07, 6.45) is 4.36. The predicted molar refractivity (Wildman–Crippen MR) is 298 cm³/mol. The molecule has 0 bridgehead atoms. The van der Waals surface area contributed by atoms with Crippen LogP contribution >= 0.6 is 15.9 Å². The van der Waals surface area contributed by atoms with Crippen LogP contribution in [0.25, 0.3) is 55.6 Å². The SMILES string of the molecule is COc1ncnc2c1c(-c1cccc(N)c1)nn2COCC[Si](C)(C)C.COc1ncnc2c1c(Br)nn2COCC[Si](C)(C)C.COc1ncnc2n[nH]c(-c3cccc(N)c3)c12.Nc1cccc(B(O)O)c1. The van der Waals surface area contributed by atoms with E-state index in [1.807, 2.05) is 48.5 Å². The first-order valence-corrected chi connectivity index (χ1v) is 31.5. The van der Waals surface area contributed by atoms with Crippen LogP contribution in [0.15, 0.2) is 96.4 Å². The van der Waals surface area contributed by atoms with Crippen molar-refractivity contribution in [2.45, 2.75) is 64.8 Å². The van der Waals surface area contributed by atoms with Crippen LogP contribution in [0.1, 0.15) is 0 Å². The number of rotatable bonds is 16. The van der Waals surface area contributed by atoms with Crippen molar-refractivity contribution >= 4 is 94.8 Å². The lowest BCUT2D eigenvalue weighted by Crippen LogP contribution is -2.29. The maximum Gasteiger partial charge on any atom is 0.488 e. The van der Waals surface area contributed by atoms with Crippen molar-refractivity contribution in [3.63, 3.8) is 0 Å². The van der Waals surface area contributed by atoms with E-state index < -0.39 is 23.3 Å². The van der Waals surface area contributed by atoms with Gasteiger partial charge >= 0.3 is 7.12 Å². The summed E-state index contributed by atoms with van der Waals surface area (Å²) in [7, 11) is 1.11. The molecule has 0 aliphatic carbocycles. The number of nitrogens with two attached hydrogens (primary N) is 3. The Hall–Kier alpha value is -7.07. The van der Waals surface area contributed by atoms with Gasteiger partial charge in [0.05, 0.1) is 27.0 Å². The molecule has 0 fully saturated rings. The third-order valence-electron chi connectivity index (χ3n) is 10.8. The molecule has 0 saturated carbocycles. The zero-order chi connectivity index (χ0) is 53.6.